The molecule has 1 aromatic rings. The number of hydrogen-bond donors (Lipinski definition) is 1. The fourth-order valence-corrected chi connectivity index (χ4v) is 3.75. The highest BCUT2D eigenvalue weighted by Gasteiger charge is 2.31. The van der Waals surface area contributed by atoms with Crippen LogP contribution in [0.3, 0.4) is 0 Å². The van der Waals surface area contributed by atoms with Gasteiger partial charge in [-0.1, -0.05) is 11.6 Å². The Hall–Kier alpha value is -0.590. The molecular formula is C12H19N3O2S. The van der Waals surface area contributed by atoms with Crippen molar-refractivity contribution in [1.29, 1.82) is 0 Å². The summed E-state index contributed by atoms with van der Waals surface area (Å²) in [6.07, 6.45) is 5.73. The molecule has 3 unspecified atom stereocenters. The Morgan fingerprint density at radius 3 is 2.94 bits per heavy atom. The van der Waals surface area contributed by atoms with Gasteiger partial charge in [0.1, 0.15) is 6.10 Å². The molecule has 1 aromatic heterocycles. The Morgan fingerprint density at radius 1 is 1.28 bits per heavy atom. The first kappa shape index (κ1) is 12.4. The van der Waals surface area contributed by atoms with E-state index in [9.17, 15) is 0 Å². The van der Waals surface area contributed by atoms with Crippen LogP contribution in [0.1, 0.15) is 55.2 Å². The van der Waals surface area contributed by atoms with Gasteiger partial charge in [0.05, 0.1) is 11.4 Å². The summed E-state index contributed by atoms with van der Waals surface area (Å²) in [5.74, 6) is 2.67. The predicted molar refractivity (Wildman–Crippen MR) is 69.3 cm³/mol. The van der Waals surface area contributed by atoms with Crippen LogP contribution in [-0.4, -0.2) is 28.5 Å². The molecule has 0 radical (unpaired) electrons. The second kappa shape index (κ2) is 5.59. The fourth-order valence-electron chi connectivity index (χ4n) is 2.51. The molecule has 100 valence electrons. The van der Waals surface area contributed by atoms with Crippen molar-refractivity contribution < 1.29 is 9.26 Å². The van der Waals surface area contributed by atoms with Crippen LogP contribution < -0.4 is 5.73 Å². The molecule has 0 saturated carbocycles. The molecule has 5 nitrogen and oxygen atoms in total. The lowest BCUT2D eigenvalue weighted by Crippen LogP contribution is -2.18. The van der Waals surface area contributed by atoms with Gasteiger partial charge in [0.25, 0.3) is 5.89 Å². The molecule has 6 heteroatoms. The molecule has 2 saturated heterocycles. The van der Waals surface area contributed by atoms with Crippen LogP contribution in [0, 0.1) is 0 Å². The number of nitrogens with zero attached hydrogens (tertiary/aromatic N) is 2. The third-order valence-electron chi connectivity index (χ3n) is 3.57. The first-order valence-electron chi connectivity index (χ1n) is 6.67. The van der Waals surface area contributed by atoms with E-state index in [-0.39, 0.29) is 12.2 Å². The minimum Gasteiger partial charge on any atom is -0.364 e. The lowest BCUT2D eigenvalue weighted by Gasteiger charge is -2.17. The Bertz CT molecular complexity index is 392. The van der Waals surface area contributed by atoms with E-state index >= 15 is 0 Å². The topological polar surface area (TPSA) is 74.2 Å². The number of rotatable bonds is 3. The van der Waals surface area contributed by atoms with Crippen molar-refractivity contribution in [2.24, 2.45) is 5.73 Å². The normalized spacial score (nSPS) is 32.8. The van der Waals surface area contributed by atoms with E-state index in [4.69, 9.17) is 15.0 Å². The Kier molecular flexibility index (Phi) is 3.86. The van der Waals surface area contributed by atoms with Crippen molar-refractivity contribution in [3.8, 4) is 0 Å². The quantitative estimate of drug-likeness (QED) is 0.906. The maximum atomic E-state index is 5.77. The summed E-state index contributed by atoms with van der Waals surface area (Å²) in [6.45, 7) is 0.565. The molecular weight excluding hydrogens is 250 g/mol. The number of aromatic nitrogens is 2. The van der Waals surface area contributed by atoms with Crippen LogP contribution in [0.25, 0.3) is 0 Å². The van der Waals surface area contributed by atoms with Gasteiger partial charge in [0.15, 0.2) is 5.82 Å². The third-order valence-corrected chi connectivity index (χ3v) is 4.94. The van der Waals surface area contributed by atoms with Crippen LogP contribution in [-0.2, 0) is 4.74 Å². The number of hydrogen-bond acceptors (Lipinski definition) is 6. The van der Waals surface area contributed by atoms with E-state index in [1.54, 1.807) is 0 Å². The summed E-state index contributed by atoms with van der Waals surface area (Å²) in [7, 11) is 0. The van der Waals surface area contributed by atoms with E-state index in [1.807, 2.05) is 11.8 Å². The smallest absolute Gasteiger partial charge is 0.255 e. The van der Waals surface area contributed by atoms with Crippen molar-refractivity contribution in [3.05, 3.63) is 11.7 Å². The number of nitrogens with two attached hydrogens (primary N) is 1. The zero-order valence-corrected chi connectivity index (χ0v) is 11.2. The van der Waals surface area contributed by atoms with Gasteiger partial charge >= 0.3 is 0 Å². The molecule has 2 aliphatic heterocycles. The number of ether oxygens (including phenoxy) is 1. The third kappa shape index (κ3) is 2.55. The van der Waals surface area contributed by atoms with Crippen molar-refractivity contribution in [2.75, 3.05) is 12.3 Å². The van der Waals surface area contributed by atoms with Gasteiger partial charge in [-0.25, -0.2) is 0 Å². The monoisotopic (exact) mass is 269 g/mol. The standard InChI is InChI=1S/C12H19N3O2S/c13-7-8-4-5-9(16-8)12-14-11(15-17-12)10-3-1-2-6-18-10/h8-10H,1-7,13H2. The summed E-state index contributed by atoms with van der Waals surface area (Å²) >= 11 is 1.93. The van der Waals surface area contributed by atoms with Gasteiger partial charge in [-0.05, 0) is 31.4 Å². The minimum atomic E-state index is -0.0478. The lowest BCUT2D eigenvalue weighted by molar-refractivity contribution is 0.0307. The maximum absolute atomic E-state index is 5.77. The Balaban J connectivity index is 1.66. The molecule has 18 heavy (non-hydrogen) atoms. The zero-order chi connectivity index (χ0) is 12.4. The van der Waals surface area contributed by atoms with Gasteiger partial charge in [0.2, 0.25) is 0 Å². The molecule has 0 bridgehead atoms. The summed E-state index contributed by atoms with van der Waals surface area (Å²) in [6, 6.07) is 0. The van der Waals surface area contributed by atoms with Gasteiger partial charge in [-0.3, -0.25) is 0 Å². The SMILES string of the molecule is NCC1CCC(c2nc(C3CCCCS3)no2)O1. The summed E-state index contributed by atoms with van der Waals surface area (Å²) in [5, 5.41) is 4.52. The van der Waals surface area contributed by atoms with Crippen LogP contribution in [0.4, 0.5) is 0 Å². The molecule has 3 heterocycles. The van der Waals surface area contributed by atoms with Crippen molar-refractivity contribution >= 4 is 11.8 Å². The molecule has 0 amide bonds. The van der Waals surface area contributed by atoms with Gasteiger partial charge in [-0.15, -0.1) is 0 Å². The van der Waals surface area contributed by atoms with Gasteiger partial charge in [-0.2, -0.15) is 16.7 Å². The summed E-state index contributed by atoms with van der Waals surface area (Å²) < 4.78 is 11.1. The van der Waals surface area contributed by atoms with Crippen LogP contribution in [0.15, 0.2) is 4.52 Å². The average Bonchev–Trinajstić information content (AvgIpc) is 3.08. The highest BCUT2D eigenvalue weighted by Crippen LogP contribution is 2.38. The van der Waals surface area contributed by atoms with Crippen molar-refractivity contribution in [1.82, 2.24) is 10.1 Å². The van der Waals surface area contributed by atoms with E-state index < -0.39 is 0 Å². The van der Waals surface area contributed by atoms with Crippen molar-refractivity contribution in [2.45, 2.75) is 49.6 Å². The second-order valence-electron chi connectivity index (χ2n) is 4.91. The number of thioether (sulfide) groups is 1. The van der Waals surface area contributed by atoms with E-state index in [2.05, 4.69) is 10.1 Å². The predicted octanol–water partition coefficient (Wildman–Crippen LogP) is 2.21. The first-order valence-corrected chi connectivity index (χ1v) is 7.72. The van der Waals surface area contributed by atoms with Gasteiger partial charge in [0, 0.05) is 6.54 Å². The molecule has 0 aliphatic carbocycles. The molecule has 2 aliphatic rings. The Labute approximate surface area is 111 Å². The molecule has 3 rings (SSSR count). The van der Waals surface area contributed by atoms with Crippen LogP contribution in [0.2, 0.25) is 0 Å². The zero-order valence-electron chi connectivity index (χ0n) is 10.4. The second-order valence-corrected chi connectivity index (χ2v) is 6.22. The molecule has 3 atom stereocenters. The molecule has 2 N–H and O–H groups in total. The Morgan fingerprint density at radius 2 is 2.22 bits per heavy atom. The lowest BCUT2D eigenvalue weighted by atomic mass is 10.2. The average molecular weight is 269 g/mol. The highest BCUT2D eigenvalue weighted by atomic mass is 32.2. The van der Waals surface area contributed by atoms with Crippen LogP contribution >= 0.6 is 11.8 Å². The summed E-state index contributed by atoms with van der Waals surface area (Å²) in [5.41, 5.74) is 5.60. The van der Waals surface area contributed by atoms with E-state index in [0.29, 0.717) is 17.7 Å². The van der Waals surface area contributed by atoms with E-state index in [1.165, 1.54) is 18.6 Å². The first-order chi connectivity index (χ1) is 8.86. The minimum absolute atomic E-state index is 0.0478. The molecule has 0 aromatic carbocycles. The van der Waals surface area contributed by atoms with E-state index in [0.717, 1.165) is 25.1 Å². The fraction of sp³-hybridized carbons (Fsp3) is 0.833. The van der Waals surface area contributed by atoms with Crippen molar-refractivity contribution in [3.63, 3.8) is 0 Å². The van der Waals surface area contributed by atoms with Crippen LogP contribution in [0.5, 0.6) is 0 Å². The highest BCUT2D eigenvalue weighted by molar-refractivity contribution is 7.99. The maximum Gasteiger partial charge on any atom is 0.255 e. The summed E-state index contributed by atoms with van der Waals surface area (Å²) in [4.78, 5) is 4.52. The molecule has 2 fully saturated rings. The molecule has 0 spiro atoms. The largest absolute Gasteiger partial charge is 0.364 e. The van der Waals surface area contributed by atoms with Gasteiger partial charge < -0.3 is 15.0 Å².